The topological polar surface area (TPSA) is 63.2 Å². The van der Waals surface area contributed by atoms with Crippen molar-refractivity contribution in [3.8, 4) is 0 Å². The van der Waals surface area contributed by atoms with Crippen LogP contribution in [0.1, 0.15) is 40.4 Å². The van der Waals surface area contributed by atoms with E-state index in [0.717, 1.165) is 24.7 Å². The van der Waals surface area contributed by atoms with Crippen molar-refractivity contribution in [1.82, 2.24) is 5.32 Å². The fourth-order valence-electron chi connectivity index (χ4n) is 2.83. The third-order valence-electron chi connectivity index (χ3n) is 4.41. The van der Waals surface area contributed by atoms with Gasteiger partial charge in [-0.1, -0.05) is 41.4 Å². The number of hydrogen-bond donors (Lipinski definition) is 1. The Morgan fingerprint density at radius 1 is 1.16 bits per heavy atom. The van der Waals surface area contributed by atoms with Gasteiger partial charge in [0.2, 0.25) is 0 Å². The number of carbonyl (C=O) groups is 1. The van der Waals surface area contributed by atoms with E-state index >= 15 is 0 Å². The molecule has 1 atom stereocenters. The Labute approximate surface area is 153 Å². The maximum absolute atomic E-state index is 12.7. The number of nitrogens with one attached hydrogen (secondary N) is 1. The molecule has 1 saturated carbocycles. The molecule has 1 fully saturated rings. The van der Waals surface area contributed by atoms with E-state index in [1.165, 1.54) is 17.7 Å². The summed E-state index contributed by atoms with van der Waals surface area (Å²) in [6.45, 7) is 2.02. The van der Waals surface area contributed by atoms with Gasteiger partial charge in [-0.05, 0) is 49.4 Å². The average molecular weight is 378 g/mol. The van der Waals surface area contributed by atoms with E-state index in [-0.39, 0.29) is 21.9 Å². The van der Waals surface area contributed by atoms with Crippen molar-refractivity contribution in [1.29, 1.82) is 0 Å². The van der Waals surface area contributed by atoms with Gasteiger partial charge < -0.3 is 5.32 Å². The molecule has 132 valence electrons. The fourth-order valence-corrected chi connectivity index (χ4v) is 4.13. The molecular weight excluding hydrogens is 358 g/mol. The number of halogens is 1. The molecular formula is C19H20ClNO3S. The summed E-state index contributed by atoms with van der Waals surface area (Å²) in [6.07, 6.45) is 3.23. The summed E-state index contributed by atoms with van der Waals surface area (Å²) in [5.41, 5.74) is 2.53. The van der Waals surface area contributed by atoms with E-state index in [4.69, 9.17) is 11.6 Å². The number of sulfone groups is 1. The summed E-state index contributed by atoms with van der Waals surface area (Å²) >= 11 is 5.95. The van der Waals surface area contributed by atoms with Crippen LogP contribution in [0.4, 0.5) is 0 Å². The highest BCUT2D eigenvalue weighted by Crippen LogP contribution is 2.41. The Morgan fingerprint density at radius 3 is 2.36 bits per heavy atom. The molecule has 0 aromatic heterocycles. The van der Waals surface area contributed by atoms with Crippen molar-refractivity contribution < 1.29 is 13.2 Å². The molecule has 2 aromatic rings. The third-order valence-corrected chi connectivity index (χ3v) is 5.99. The Morgan fingerprint density at radius 2 is 1.80 bits per heavy atom. The van der Waals surface area contributed by atoms with Crippen LogP contribution in [0.3, 0.4) is 0 Å². The normalized spacial score (nSPS) is 15.6. The predicted molar refractivity (Wildman–Crippen MR) is 98.7 cm³/mol. The second-order valence-electron chi connectivity index (χ2n) is 6.62. The Kier molecular flexibility index (Phi) is 4.89. The summed E-state index contributed by atoms with van der Waals surface area (Å²) in [7, 11) is -3.49. The minimum atomic E-state index is -3.49. The zero-order valence-corrected chi connectivity index (χ0v) is 15.7. The van der Waals surface area contributed by atoms with Crippen molar-refractivity contribution in [2.45, 2.75) is 30.7 Å². The van der Waals surface area contributed by atoms with E-state index in [0.29, 0.717) is 11.5 Å². The van der Waals surface area contributed by atoms with Gasteiger partial charge in [-0.3, -0.25) is 4.79 Å². The molecule has 4 nitrogen and oxygen atoms in total. The van der Waals surface area contributed by atoms with E-state index in [9.17, 15) is 13.2 Å². The van der Waals surface area contributed by atoms with Gasteiger partial charge in [-0.15, -0.1) is 0 Å². The number of rotatable bonds is 5. The molecule has 3 rings (SSSR count). The zero-order valence-electron chi connectivity index (χ0n) is 14.1. The van der Waals surface area contributed by atoms with E-state index < -0.39 is 9.84 Å². The second kappa shape index (κ2) is 6.81. The van der Waals surface area contributed by atoms with Crippen molar-refractivity contribution in [3.63, 3.8) is 0 Å². The molecule has 1 unspecified atom stereocenters. The minimum Gasteiger partial charge on any atom is -0.345 e. The molecule has 6 heteroatoms. The molecule has 0 heterocycles. The molecule has 0 aliphatic heterocycles. The summed E-state index contributed by atoms with van der Waals surface area (Å²) in [5.74, 6) is 0.132. The van der Waals surface area contributed by atoms with E-state index in [2.05, 4.69) is 5.32 Å². The molecule has 25 heavy (non-hydrogen) atoms. The van der Waals surface area contributed by atoms with Gasteiger partial charge in [0.05, 0.1) is 16.0 Å². The first kappa shape index (κ1) is 18.0. The fraction of sp³-hybridized carbons (Fsp3) is 0.316. The highest BCUT2D eigenvalue weighted by Gasteiger charge is 2.33. The monoisotopic (exact) mass is 377 g/mol. The largest absolute Gasteiger partial charge is 0.345 e. The van der Waals surface area contributed by atoms with Crippen LogP contribution < -0.4 is 5.32 Å². The van der Waals surface area contributed by atoms with Crippen LogP contribution in [0.25, 0.3) is 0 Å². The number of benzene rings is 2. The third kappa shape index (κ3) is 4.22. The Hall–Kier alpha value is -1.85. The van der Waals surface area contributed by atoms with Crippen molar-refractivity contribution >= 4 is 27.3 Å². The average Bonchev–Trinajstić information content (AvgIpc) is 3.37. The van der Waals surface area contributed by atoms with Crippen molar-refractivity contribution in [2.24, 2.45) is 5.92 Å². The molecule has 0 saturated heterocycles. The lowest BCUT2D eigenvalue weighted by Crippen LogP contribution is -2.30. The molecule has 1 aliphatic carbocycles. The van der Waals surface area contributed by atoms with Crippen molar-refractivity contribution in [2.75, 3.05) is 6.26 Å². The first-order valence-electron chi connectivity index (χ1n) is 8.13. The molecule has 1 aliphatic rings. The van der Waals surface area contributed by atoms with Gasteiger partial charge in [0.15, 0.2) is 9.84 Å². The minimum absolute atomic E-state index is 0.0277. The molecule has 0 bridgehead atoms. The summed E-state index contributed by atoms with van der Waals surface area (Å²) < 4.78 is 23.6. The van der Waals surface area contributed by atoms with Crippen LogP contribution in [-0.4, -0.2) is 20.6 Å². The number of aryl methyl sites for hydroxylation is 1. The van der Waals surface area contributed by atoms with Crippen LogP contribution in [0.15, 0.2) is 47.4 Å². The SMILES string of the molecule is Cc1ccc(C(NC(=O)c2ccc(Cl)c(S(C)(=O)=O)c2)C2CC2)cc1. The van der Waals surface area contributed by atoms with E-state index in [1.54, 1.807) is 6.07 Å². The van der Waals surface area contributed by atoms with Gasteiger partial charge in [0.25, 0.3) is 5.91 Å². The Balaban J connectivity index is 1.86. The molecule has 1 N–H and O–H groups in total. The maximum Gasteiger partial charge on any atom is 0.251 e. The lowest BCUT2D eigenvalue weighted by atomic mass is 10.0. The zero-order chi connectivity index (χ0) is 18.2. The first-order valence-corrected chi connectivity index (χ1v) is 10.4. The standard InChI is InChI=1S/C19H20ClNO3S/c1-12-3-5-13(6-4-12)18(14-7-8-14)21-19(22)15-9-10-16(20)17(11-15)25(2,23)24/h3-6,9-11,14,18H,7-8H2,1-2H3,(H,21,22). The van der Waals surface area contributed by atoms with Crippen molar-refractivity contribution in [3.05, 3.63) is 64.2 Å². The van der Waals surface area contributed by atoms with Crippen LogP contribution in [0.5, 0.6) is 0 Å². The molecule has 0 spiro atoms. The van der Waals surface area contributed by atoms with Gasteiger partial charge >= 0.3 is 0 Å². The smallest absolute Gasteiger partial charge is 0.251 e. The quantitative estimate of drug-likeness (QED) is 0.858. The Bertz CT molecular complexity index is 903. The van der Waals surface area contributed by atoms with Crippen LogP contribution in [0, 0.1) is 12.8 Å². The first-order chi connectivity index (χ1) is 11.8. The van der Waals surface area contributed by atoms with Crippen LogP contribution in [-0.2, 0) is 9.84 Å². The molecule has 1 amide bonds. The molecule has 2 aromatic carbocycles. The summed E-state index contributed by atoms with van der Waals surface area (Å²) in [4.78, 5) is 12.6. The van der Waals surface area contributed by atoms with Gasteiger partial charge in [0.1, 0.15) is 0 Å². The number of carbonyl (C=O) groups excluding carboxylic acids is 1. The van der Waals surface area contributed by atoms with Gasteiger partial charge in [0, 0.05) is 11.8 Å². The molecule has 0 radical (unpaired) electrons. The van der Waals surface area contributed by atoms with Gasteiger partial charge in [-0.2, -0.15) is 0 Å². The van der Waals surface area contributed by atoms with Crippen LogP contribution in [0.2, 0.25) is 5.02 Å². The van der Waals surface area contributed by atoms with Gasteiger partial charge in [-0.25, -0.2) is 8.42 Å². The summed E-state index contributed by atoms with van der Waals surface area (Å²) in [6, 6.07) is 12.4. The predicted octanol–water partition coefficient (Wildman–Crippen LogP) is 3.93. The van der Waals surface area contributed by atoms with Crippen LogP contribution >= 0.6 is 11.6 Å². The summed E-state index contributed by atoms with van der Waals surface area (Å²) in [5, 5.41) is 3.17. The maximum atomic E-state index is 12.7. The van der Waals surface area contributed by atoms with E-state index in [1.807, 2.05) is 31.2 Å². The lowest BCUT2D eigenvalue weighted by molar-refractivity contribution is 0.0931. The number of hydrogen-bond acceptors (Lipinski definition) is 3. The lowest BCUT2D eigenvalue weighted by Gasteiger charge is -2.19. The second-order valence-corrected chi connectivity index (χ2v) is 9.01. The number of amides is 1. The highest BCUT2D eigenvalue weighted by molar-refractivity contribution is 7.90. The highest BCUT2D eigenvalue weighted by atomic mass is 35.5.